The molecule has 2 aliphatic rings. The zero-order valence-electron chi connectivity index (χ0n) is 16.0. The van der Waals surface area contributed by atoms with Crippen LogP contribution in [0.15, 0.2) is 54.6 Å². The van der Waals surface area contributed by atoms with E-state index >= 15 is 0 Å². The van der Waals surface area contributed by atoms with Crippen LogP contribution in [0, 0.1) is 5.82 Å². The molecule has 0 spiro atoms. The van der Waals surface area contributed by atoms with Gasteiger partial charge in [-0.25, -0.2) is 4.39 Å². The van der Waals surface area contributed by atoms with Crippen molar-refractivity contribution in [3.8, 4) is 0 Å². The van der Waals surface area contributed by atoms with Crippen LogP contribution in [0.1, 0.15) is 18.9 Å². The van der Waals surface area contributed by atoms with Crippen molar-refractivity contribution in [2.75, 3.05) is 37.7 Å². The molecule has 0 N–H and O–H groups in total. The number of piperazine rings is 1. The molecule has 146 valence electrons. The van der Waals surface area contributed by atoms with Crippen LogP contribution >= 0.6 is 0 Å². The van der Waals surface area contributed by atoms with Gasteiger partial charge in [0.25, 0.3) is 0 Å². The molecule has 2 fully saturated rings. The van der Waals surface area contributed by atoms with E-state index in [-0.39, 0.29) is 24.1 Å². The van der Waals surface area contributed by atoms with Crippen LogP contribution < -0.4 is 4.90 Å². The number of hydrogen-bond donors (Lipinski definition) is 0. The van der Waals surface area contributed by atoms with Crippen LogP contribution in [0.2, 0.25) is 0 Å². The van der Waals surface area contributed by atoms with Crippen LogP contribution in [0.3, 0.4) is 0 Å². The third-order valence-electron chi connectivity index (χ3n) is 5.84. The van der Waals surface area contributed by atoms with Gasteiger partial charge in [-0.3, -0.25) is 19.4 Å². The second-order valence-electron chi connectivity index (χ2n) is 7.72. The Morgan fingerprint density at radius 2 is 1.57 bits per heavy atom. The zero-order valence-corrected chi connectivity index (χ0v) is 16.0. The highest BCUT2D eigenvalue weighted by Crippen LogP contribution is 2.36. The molecule has 2 amide bonds. The molecule has 2 heterocycles. The molecular weight excluding hydrogens is 357 g/mol. The number of rotatable bonds is 4. The molecule has 0 saturated carbocycles. The maximum atomic E-state index is 13.1. The lowest BCUT2D eigenvalue weighted by atomic mass is 9.81. The maximum absolute atomic E-state index is 13.1. The Bertz CT molecular complexity index is 863. The molecule has 1 unspecified atom stereocenters. The summed E-state index contributed by atoms with van der Waals surface area (Å²) in [5.74, 6) is -0.475. The average molecular weight is 381 g/mol. The Morgan fingerprint density at radius 3 is 2.21 bits per heavy atom. The normalized spacial score (nSPS) is 23.5. The quantitative estimate of drug-likeness (QED) is 0.764. The van der Waals surface area contributed by atoms with Gasteiger partial charge in [-0.05, 0) is 36.8 Å². The minimum absolute atomic E-state index is 0.114. The summed E-state index contributed by atoms with van der Waals surface area (Å²) in [6, 6.07) is 16.0. The van der Waals surface area contributed by atoms with E-state index in [1.807, 2.05) is 37.3 Å². The molecule has 0 bridgehead atoms. The fourth-order valence-corrected chi connectivity index (χ4v) is 4.06. The first-order valence-corrected chi connectivity index (χ1v) is 9.60. The summed E-state index contributed by atoms with van der Waals surface area (Å²) in [7, 11) is 0. The second kappa shape index (κ2) is 7.36. The summed E-state index contributed by atoms with van der Waals surface area (Å²) in [6.45, 7) is 5.23. The van der Waals surface area contributed by atoms with Crippen LogP contribution in [-0.2, 0) is 15.0 Å². The van der Waals surface area contributed by atoms with Gasteiger partial charge >= 0.3 is 0 Å². The highest BCUT2D eigenvalue weighted by molar-refractivity contribution is 6.08. The van der Waals surface area contributed by atoms with Gasteiger partial charge in [0, 0.05) is 38.3 Å². The highest BCUT2D eigenvalue weighted by Gasteiger charge is 2.49. The van der Waals surface area contributed by atoms with Gasteiger partial charge in [-0.15, -0.1) is 0 Å². The number of amides is 2. The first kappa shape index (κ1) is 18.6. The van der Waals surface area contributed by atoms with Crippen molar-refractivity contribution in [1.29, 1.82) is 0 Å². The van der Waals surface area contributed by atoms with E-state index in [4.69, 9.17) is 0 Å². The molecule has 1 atom stereocenters. The molecule has 0 radical (unpaired) electrons. The summed E-state index contributed by atoms with van der Waals surface area (Å²) >= 11 is 0. The Kier molecular flexibility index (Phi) is 4.89. The summed E-state index contributed by atoms with van der Waals surface area (Å²) in [4.78, 5) is 31.4. The van der Waals surface area contributed by atoms with Gasteiger partial charge in [-0.1, -0.05) is 30.3 Å². The number of hydrogen-bond acceptors (Lipinski definition) is 4. The van der Waals surface area contributed by atoms with Gasteiger partial charge in [0.05, 0.1) is 12.1 Å². The Hall–Kier alpha value is -2.73. The average Bonchev–Trinajstić information content (AvgIpc) is 2.94. The zero-order chi connectivity index (χ0) is 19.7. The van der Waals surface area contributed by atoms with Crippen LogP contribution in [0.5, 0.6) is 0 Å². The SMILES string of the molecule is CC1(c2ccccc2)CC(=O)N(CN2CCN(c3ccc(F)cc3)CC2)C1=O. The summed E-state index contributed by atoms with van der Waals surface area (Å²) in [5.41, 5.74) is 1.09. The molecule has 0 aromatic heterocycles. The van der Waals surface area contributed by atoms with Crippen molar-refractivity contribution >= 4 is 17.5 Å². The van der Waals surface area contributed by atoms with E-state index in [0.29, 0.717) is 6.67 Å². The van der Waals surface area contributed by atoms with Crippen molar-refractivity contribution in [2.24, 2.45) is 0 Å². The van der Waals surface area contributed by atoms with Crippen LogP contribution in [-0.4, -0.2) is 54.5 Å². The number of halogens is 1. The summed E-state index contributed by atoms with van der Waals surface area (Å²) < 4.78 is 13.1. The van der Waals surface area contributed by atoms with Crippen LogP contribution in [0.4, 0.5) is 10.1 Å². The number of carbonyl (C=O) groups is 2. The molecule has 2 aromatic rings. The molecule has 5 nitrogen and oxygen atoms in total. The predicted molar refractivity (Wildman–Crippen MR) is 105 cm³/mol. The maximum Gasteiger partial charge on any atom is 0.241 e. The monoisotopic (exact) mass is 381 g/mol. The number of anilines is 1. The van der Waals surface area contributed by atoms with Crippen molar-refractivity contribution in [1.82, 2.24) is 9.80 Å². The minimum Gasteiger partial charge on any atom is -0.369 e. The van der Waals surface area contributed by atoms with Gasteiger partial charge in [-0.2, -0.15) is 0 Å². The first-order valence-electron chi connectivity index (χ1n) is 9.60. The third-order valence-corrected chi connectivity index (χ3v) is 5.84. The van der Waals surface area contributed by atoms with E-state index < -0.39 is 5.41 Å². The number of likely N-dealkylation sites (tertiary alicyclic amines) is 1. The van der Waals surface area contributed by atoms with Gasteiger partial charge in [0.2, 0.25) is 11.8 Å². The van der Waals surface area contributed by atoms with Crippen molar-refractivity contribution in [3.63, 3.8) is 0 Å². The molecule has 2 aromatic carbocycles. The summed E-state index contributed by atoms with van der Waals surface area (Å²) in [5, 5.41) is 0. The lowest BCUT2D eigenvalue weighted by molar-refractivity contribution is -0.142. The predicted octanol–water partition coefficient (Wildman–Crippen LogP) is 2.62. The lowest BCUT2D eigenvalue weighted by Gasteiger charge is -2.37. The van der Waals surface area contributed by atoms with E-state index in [1.54, 1.807) is 12.1 Å². The topological polar surface area (TPSA) is 43.9 Å². The van der Waals surface area contributed by atoms with E-state index in [0.717, 1.165) is 37.4 Å². The minimum atomic E-state index is -0.783. The fourth-order valence-electron chi connectivity index (χ4n) is 4.06. The number of nitrogens with zero attached hydrogens (tertiary/aromatic N) is 3. The van der Waals surface area contributed by atoms with Crippen molar-refractivity contribution in [2.45, 2.75) is 18.8 Å². The molecule has 4 rings (SSSR count). The Balaban J connectivity index is 1.39. The first-order chi connectivity index (χ1) is 13.5. The van der Waals surface area contributed by atoms with Crippen LogP contribution in [0.25, 0.3) is 0 Å². The molecular formula is C22H24FN3O2. The Morgan fingerprint density at radius 1 is 0.929 bits per heavy atom. The third kappa shape index (κ3) is 3.40. The molecule has 0 aliphatic carbocycles. The van der Waals surface area contributed by atoms with Gasteiger partial charge in [0.15, 0.2) is 0 Å². The van der Waals surface area contributed by atoms with Crippen molar-refractivity contribution in [3.05, 3.63) is 66.0 Å². The molecule has 2 saturated heterocycles. The molecule has 6 heteroatoms. The highest BCUT2D eigenvalue weighted by atomic mass is 19.1. The van der Waals surface area contributed by atoms with E-state index in [1.165, 1.54) is 17.0 Å². The molecule has 28 heavy (non-hydrogen) atoms. The fraction of sp³-hybridized carbons (Fsp3) is 0.364. The standard InChI is InChI=1S/C22H24FN3O2/c1-22(17-5-3-2-4-6-17)15-20(27)26(21(22)28)16-24-11-13-25(14-12-24)19-9-7-18(23)8-10-19/h2-10H,11-16H2,1H3. The number of benzene rings is 2. The van der Waals surface area contributed by atoms with E-state index in [9.17, 15) is 14.0 Å². The van der Waals surface area contributed by atoms with Gasteiger partial charge in [0.1, 0.15) is 5.82 Å². The number of imide groups is 1. The summed E-state index contributed by atoms with van der Waals surface area (Å²) in [6.07, 6.45) is 0.214. The smallest absolute Gasteiger partial charge is 0.241 e. The molecule has 2 aliphatic heterocycles. The van der Waals surface area contributed by atoms with Gasteiger partial charge < -0.3 is 4.90 Å². The lowest BCUT2D eigenvalue weighted by Crippen LogP contribution is -2.51. The van der Waals surface area contributed by atoms with E-state index in [2.05, 4.69) is 9.80 Å². The van der Waals surface area contributed by atoms with Crippen molar-refractivity contribution < 1.29 is 14.0 Å². The largest absolute Gasteiger partial charge is 0.369 e. The number of carbonyl (C=O) groups excluding carboxylic acids is 2. The Labute approximate surface area is 164 Å². The second-order valence-corrected chi connectivity index (χ2v) is 7.72.